The molecule has 2 aromatic carbocycles. The fourth-order valence-electron chi connectivity index (χ4n) is 4.64. The lowest BCUT2D eigenvalue weighted by atomic mass is 10.0. The van der Waals surface area contributed by atoms with Gasteiger partial charge < -0.3 is 19.7 Å². The molecule has 2 heterocycles. The quantitative estimate of drug-likeness (QED) is 0.528. The van der Waals surface area contributed by atoms with Gasteiger partial charge in [-0.05, 0) is 77.3 Å². The van der Waals surface area contributed by atoms with Gasteiger partial charge in [-0.3, -0.25) is 9.69 Å². The Kier molecular flexibility index (Phi) is 7.98. The molecule has 2 atom stereocenters. The first kappa shape index (κ1) is 26.1. The topological polar surface area (TPSA) is 71.1 Å². The molecule has 2 aliphatic rings. The van der Waals surface area contributed by atoms with E-state index < -0.39 is 17.7 Å². The first-order chi connectivity index (χ1) is 17.1. The minimum absolute atomic E-state index is 0.0360. The van der Waals surface area contributed by atoms with Gasteiger partial charge in [-0.15, -0.1) is 0 Å². The van der Waals surface area contributed by atoms with Gasteiger partial charge >= 0.3 is 6.09 Å². The summed E-state index contributed by atoms with van der Waals surface area (Å²) >= 11 is 6.53. The second kappa shape index (κ2) is 11.0. The maximum absolute atomic E-state index is 13.1. The maximum Gasteiger partial charge on any atom is 0.410 e. The lowest BCUT2D eigenvalue weighted by Crippen LogP contribution is -2.51. The van der Waals surface area contributed by atoms with E-state index in [-0.39, 0.29) is 12.0 Å². The van der Waals surface area contributed by atoms with Crippen LogP contribution < -0.4 is 15.0 Å². The summed E-state index contributed by atoms with van der Waals surface area (Å²) in [6.45, 7) is 9.76. The van der Waals surface area contributed by atoms with Gasteiger partial charge in [-0.1, -0.05) is 29.3 Å². The SMILES string of the molecule is Cc1ccc(N2CC[C@H](Oc3ccc(NC(=O)[C@H]4CCCCN4C(=O)OC(C)(C)C)cc3Cl)C2)cc1. The van der Waals surface area contributed by atoms with E-state index in [1.165, 1.54) is 16.2 Å². The number of carbonyl (C=O) groups excluding carboxylic acids is 2. The van der Waals surface area contributed by atoms with Crippen LogP contribution in [-0.2, 0) is 9.53 Å². The van der Waals surface area contributed by atoms with Crippen molar-refractivity contribution in [2.24, 2.45) is 0 Å². The Morgan fingerprint density at radius 1 is 1.03 bits per heavy atom. The van der Waals surface area contributed by atoms with Crippen LogP contribution in [-0.4, -0.2) is 54.3 Å². The van der Waals surface area contributed by atoms with Crippen molar-refractivity contribution in [3.63, 3.8) is 0 Å². The third kappa shape index (κ3) is 6.64. The number of amides is 2. The van der Waals surface area contributed by atoms with Crippen molar-refractivity contribution in [1.82, 2.24) is 4.90 Å². The first-order valence-electron chi connectivity index (χ1n) is 12.7. The zero-order chi connectivity index (χ0) is 25.9. The molecule has 2 fully saturated rings. The summed E-state index contributed by atoms with van der Waals surface area (Å²) in [7, 11) is 0. The van der Waals surface area contributed by atoms with Crippen molar-refractivity contribution < 1.29 is 19.1 Å². The first-order valence-corrected chi connectivity index (χ1v) is 13.1. The van der Waals surface area contributed by atoms with Crippen LogP contribution in [0.3, 0.4) is 0 Å². The summed E-state index contributed by atoms with van der Waals surface area (Å²) in [5.41, 5.74) is 2.39. The van der Waals surface area contributed by atoms with E-state index in [2.05, 4.69) is 41.4 Å². The summed E-state index contributed by atoms with van der Waals surface area (Å²) in [5.74, 6) is 0.355. The lowest BCUT2D eigenvalue weighted by molar-refractivity contribution is -0.122. The summed E-state index contributed by atoms with van der Waals surface area (Å²) in [4.78, 5) is 29.6. The molecule has 2 aromatic rings. The highest BCUT2D eigenvalue weighted by atomic mass is 35.5. The molecule has 8 heteroatoms. The average molecular weight is 514 g/mol. The molecular formula is C28H36ClN3O4. The van der Waals surface area contributed by atoms with Crippen LogP contribution in [0.15, 0.2) is 42.5 Å². The van der Waals surface area contributed by atoms with Gasteiger partial charge in [-0.2, -0.15) is 0 Å². The van der Waals surface area contributed by atoms with Crippen LogP contribution in [0.1, 0.15) is 52.0 Å². The Morgan fingerprint density at radius 2 is 1.78 bits per heavy atom. The van der Waals surface area contributed by atoms with E-state index in [1.807, 2.05) is 20.8 Å². The fraction of sp³-hybridized carbons (Fsp3) is 0.500. The number of benzene rings is 2. The number of likely N-dealkylation sites (tertiary alicyclic amines) is 1. The third-order valence-electron chi connectivity index (χ3n) is 6.47. The summed E-state index contributed by atoms with van der Waals surface area (Å²) in [5, 5.41) is 3.36. The number of carbonyl (C=O) groups is 2. The monoisotopic (exact) mass is 513 g/mol. The molecule has 2 amide bonds. The normalized spacial score (nSPS) is 20.2. The molecular weight excluding hydrogens is 478 g/mol. The minimum Gasteiger partial charge on any atom is -0.487 e. The Balaban J connectivity index is 1.35. The summed E-state index contributed by atoms with van der Waals surface area (Å²) < 4.78 is 11.7. The largest absolute Gasteiger partial charge is 0.487 e. The van der Waals surface area contributed by atoms with Crippen molar-refractivity contribution in [2.75, 3.05) is 29.9 Å². The van der Waals surface area contributed by atoms with Crippen LogP contribution in [0.25, 0.3) is 0 Å². The molecule has 0 unspecified atom stereocenters. The number of piperidine rings is 1. The standard InChI is InChI=1S/C28H36ClN3O4/c1-19-8-11-21(12-9-19)31-16-14-22(18-31)35-25-13-10-20(17-23(25)29)30-26(33)24-7-5-6-15-32(24)27(34)36-28(2,3)4/h8-13,17,22,24H,5-7,14-16,18H2,1-4H3,(H,30,33)/t22-,24+/m0/s1. The van der Waals surface area contributed by atoms with Crippen LogP contribution in [0.5, 0.6) is 5.75 Å². The molecule has 194 valence electrons. The fourth-order valence-corrected chi connectivity index (χ4v) is 4.86. The highest BCUT2D eigenvalue weighted by molar-refractivity contribution is 6.32. The highest BCUT2D eigenvalue weighted by Gasteiger charge is 2.35. The third-order valence-corrected chi connectivity index (χ3v) is 6.77. The molecule has 0 saturated carbocycles. The van der Waals surface area contributed by atoms with Gasteiger partial charge in [0.15, 0.2) is 0 Å². The van der Waals surface area contributed by atoms with Gasteiger partial charge in [0.1, 0.15) is 23.5 Å². The van der Waals surface area contributed by atoms with E-state index in [0.717, 1.165) is 32.4 Å². The molecule has 0 spiro atoms. The Bertz CT molecular complexity index is 1080. The number of halogens is 1. The summed E-state index contributed by atoms with van der Waals surface area (Å²) in [6, 6.07) is 13.2. The highest BCUT2D eigenvalue weighted by Crippen LogP contribution is 2.31. The number of aryl methyl sites for hydroxylation is 1. The molecule has 2 aliphatic heterocycles. The van der Waals surface area contributed by atoms with Gasteiger partial charge in [0.25, 0.3) is 0 Å². The van der Waals surface area contributed by atoms with Crippen molar-refractivity contribution in [3.8, 4) is 5.75 Å². The zero-order valence-corrected chi connectivity index (χ0v) is 22.3. The van der Waals surface area contributed by atoms with E-state index >= 15 is 0 Å². The molecule has 0 aromatic heterocycles. The smallest absolute Gasteiger partial charge is 0.410 e. The van der Waals surface area contributed by atoms with E-state index in [0.29, 0.717) is 29.4 Å². The predicted octanol–water partition coefficient (Wildman–Crippen LogP) is 6.03. The van der Waals surface area contributed by atoms with E-state index in [1.54, 1.807) is 18.2 Å². The number of nitrogens with one attached hydrogen (secondary N) is 1. The number of nitrogens with zero attached hydrogens (tertiary/aromatic N) is 2. The second-order valence-electron chi connectivity index (χ2n) is 10.6. The van der Waals surface area contributed by atoms with Gasteiger partial charge in [-0.25, -0.2) is 4.79 Å². The van der Waals surface area contributed by atoms with Crippen LogP contribution in [0.2, 0.25) is 5.02 Å². The molecule has 7 nitrogen and oxygen atoms in total. The summed E-state index contributed by atoms with van der Waals surface area (Å²) in [6.07, 6.45) is 2.81. The second-order valence-corrected chi connectivity index (χ2v) is 11.0. The van der Waals surface area contributed by atoms with E-state index in [9.17, 15) is 9.59 Å². The number of anilines is 2. The molecule has 2 saturated heterocycles. The molecule has 0 radical (unpaired) electrons. The molecule has 4 rings (SSSR count). The number of hydrogen-bond donors (Lipinski definition) is 1. The van der Waals surface area contributed by atoms with Crippen LogP contribution >= 0.6 is 11.6 Å². The minimum atomic E-state index is -0.616. The Labute approximate surface area is 218 Å². The Hall–Kier alpha value is -2.93. The van der Waals surface area contributed by atoms with Crippen molar-refractivity contribution in [1.29, 1.82) is 0 Å². The van der Waals surface area contributed by atoms with Crippen LogP contribution in [0.4, 0.5) is 16.2 Å². The molecule has 36 heavy (non-hydrogen) atoms. The number of ether oxygens (including phenoxy) is 2. The van der Waals surface area contributed by atoms with Gasteiger partial charge in [0.2, 0.25) is 5.91 Å². The lowest BCUT2D eigenvalue weighted by Gasteiger charge is -2.35. The number of hydrogen-bond acceptors (Lipinski definition) is 5. The van der Waals surface area contributed by atoms with Crippen molar-refractivity contribution in [2.45, 2.75) is 71.1 Å². The van der Waals surface area contributed by atoms with E-state index in [4.69, 9.17) is 21.1 Å². The number of rotatable bonds is 5. The zero-order valence-electron chi connectivity index (χ0n) is 21.6. The molecule has 0 aliphatic carbocycles. The molecule has 1 N–H and O–H groups in total. The maximum atomic E-state index is 13.1. The van der Waals surface area contributed by atoms with Crippen LogP contribution in [0, 0.1) is 6.92 Å². The molecule has 0 bridgehead atoms. The van der Waals surface area contributed by atoms with Gasteiger partial charge in [0.05, 0.1) is 11.6 Å². The average Bonchev–Trinajstić information content (AvgIpc) is 3.29. The van der Waals surface area contributed by atoms with Gasteiger partial charge in [0, 0.05) is 30.9 Å². The predicted molar refractivity (Wildman–Crippen MR) is 143 cm³/mol. The Morgan fingerprint density at radius 3 is 2.47 bits per heavy atom. The van der Waals surface area contributed by atoms with Crippen molar-refractivity contribution >= 4 is 35.0 Å². The van der Waals surface area contributed by atoms with Crippen molar-refractivity contribution in [3.05, 3.63) is 53.1 Å².